The lowest BCUT2D eigenvalue weighted by molar-refractivity contribution is -0.129. The van der Waals surface area contributed by atoms with Gasteiger partial charge in [0.05, 0.1) is 18.7 Å². The largest absolute Gasteiger partial charge is 0.493 e. The summed E-state index contributed by atoms with van der Waals surface area (Å²) in [6.45, 7) is 8.13. The predicted molar refractivity (Wildman–Crippen MR) is 145 cm³/mol. The quantitative estimate of drug-likeness (QED) is 0.137. The molecule has 3 aromatic rings. The molecule has 0 aliphatic carbocycles. The molecule has 0 radical (unpaired) electrons. The first-order valence-corrected chi connectivity index (χ1v) is 12.5. The molecular weight excluding hydrogens is 490 g/mol. The highest BCUT2D eigenvalue weighted by atomic mass is 35.5. The highest BCUT2D eigenvalue weighted by Gasteiger charge is 2.27. The van der Waals surface area contributed by atoms with Gasteiger partial charge in [0.1, 0.15) is 11.5 Å². The van der Waals surface area contributed by atoms with Gasteiger partial charge in [0.25, 0.3) is 0 Å². The molecule has 0 aliphatic rings. The monoisotopic (exact) mass is 521 g/mol. The number of amides is 1. The number of ether oxygens (including phenoxy) is 2. The Bertz CT molecular complexity index is 1250. The molecule has 0 atom stereocenters. The fourth-order valence-corrected chi connectivity index (χ4v) is 3.76. The molecule has 3 aromatic carbocycles. The van der Waals surface area contributed by atoms with Crippen molar-refractivity contribution in [3.05, 3.63) is 94.0 Å². The maximum atomic E-state index is 12.7. The minimum Gasteiger partial charge on any atom is -0.493 e. The topological polar surface area (TPSA) is 81.7 Å². The van der Waals surface area contributed by atoms with Crippen molar-refractivity contribution in [1.29, 1.82) is 0 Å². The van der Waals surface area contributed by atoms with E-state index in [1.54, 1.807) is 48.5 Å². The zero-order chi connectivity index (χ0) is 27.0. The van der Waals surface area contributed by atoms with Crippen LogP contribution in [0.15, 0.2) is 66.7 Å². The molecule has 0 saturated carbocycles. The van der Waals surface area contributed by atoms with Crippen molar-refractivity contribution in [1.82, 2.24) is 5.32 Å². The maximum Gasteiger partial charge on any atom is 0.343 e. The van der Waals surface area contributed by atoms with Crippen molar-refractivity contribution in [3.63, 3.8) is 0 Å². The molecule has 0 aromatic heterocycles. The summed E-state index contributed by atoms with van der Waals surface area (Å²) in [5.41, 5.74) is 2.34. The average molecular weight is 522 g/mol. The molecule has 1 N–H and O–H groups in total. The van der Waals surface area contributed by atoms with E-state index in [4.69, 9.17) is 21.1 Å². The summed E-state index contributed by atoms with van der Waals surface area (Å²) in [5, 5.41) is 3.27. The van der Waals surface area contributed by atoms with Crippen molar-refractivity contribution in [2.75, 3.05) is 13.2 Å². The number of Topliss-reactive ketones (excluding diaryl/α,β-unsaturated/α-hetero) is 1. The van der Waals surface area contributed by atoms with E-state index in [0.717, 1.165) is 16.9 Å². The molecule has 194 valence electrons. The van der Waals surface area contributed by atoms with Crippen molar-refractivity contribution in [2.24, 2.45) is 5.41 Å². The van der Waals surface area contributed by atoms with Crippen molar-refractivity contribution >= 4 is 29.3 Å². The zero-order valence-electron chi connectivity index (χ0n) is 21.6. The normalized spacial score (nSPS) is 11.1. The second-order valence-corrected chi connectivity index (χ2v) is 10.1. The summed E-state index contributed by atoms with van der Waals surface area (Å²) in [6, 6.07) is 18.7. The summed E-state index contributed by atoms with van der Waals surface area (Å²) in [7, 11) is 0. The van der Waals surface area contributed by atoms with Gasteiger partial charge in [0.2, 0.25) is 5.91 Å². The Morgan fingerprint density at radius 2 is 1.54 bits per heavy atom. The number of ketones is 1. The van der Waals surface area contributed by atoms with Gasteiger partial charge in [-0.3, -0.25) is 9.59 Å². The molecule has 0 unspecified atom stereocenters. The first-order valence-electron chi connectivity index (χ1n) is 12.1. The third-order valence-electron chi connectivity index (χ3n) is 6.04. The number of nitrogens with one attached hydrogen (secondary N) is 1. The maximum absolute atomic E-state index is 12.7. The van der Waals surface area contributed by atoms with E-state index >= 15 is 0 Å². The van der Waals surface area contributed by atoms with E-state index in [-0.39, 0.29) is 18.2 Å². The molecule has 3 rings (SSSR count). The van der Waals surface area contributed by atoms with Crippen LogP contribution in [0.5, 0.6) is 11.5 Å². The van der Waals surface area contributed by atoms with Gasteiger partial charge in [-0.1, -0.05) is 37.6 Å². The molecule has 0 fully saturated rings. The summed E-state index contributed by atoms with van der Waals surface area (Å²) in [5.74, 6) is 0.215. The molecule has 0 bridgehead atoms. The SMILES string of the molecule is Cc1ccc(C)c(OCCCC(C)(C)C(=O)NCC(=O)c2ccc(OC(=O)c3ccc(Cl)cc3)cc2)c1. The third kappa shape index (κ3) is 8.19. The Labute approximate surface area is 222 Å². The number of hydrogen-bond acceptors (Lipinski definition) is 5. The van der Waals surface area contributed by atoms with E-state index < -0.39 is 11.4 Å². The number of carbonyl (C=O) groups is 3. The van der Waals surface area contributed by atoms with Crippen LogP contribution >= 0.6 is 11.6 Å². The number of carbonyl (C=O) groups excluding carboxylic acids is 3. The number of esters is 1. The van der Waals surface area contributed by atoms with Crippen LogP contribution in [0.2, 0.25) is 5.02 Å². The van der Waals surface area contributed by atoms with Crippen LogP contribution in [-0.2, 0) is 4.79 Å². The van der Waals surface area contributed by atoms with E-state index in [1.165, 1.54) is 0 Å². The van der Waals surface area contributed by atoms with Gasteiger partial charge in [0.15, 0.2) is 5.78 Å². The van der Waals surface area contributed by atoms with E-state index in [0.29, 0.717) is 41.3 Å². The first kappa shape index (κ1) is 27.9. The number of halogens is 1. The standard InChI is InChI=1S/C30H32ClNO5/c1-20-6-7-21(2)27(18-20)36-17-5-16-30(3,4)29(35)32-19-26(33)22-10-14-25(15-11-22)37-28(34)23-8-12-24(31)13-9-23/h6-15,18H,5,16-17,19H2,1-4H3,(H,32,35). The number of benzene rings is 3. The first-order chi connectivity index (χ1) is 17.5. The lowest BCUT2D eigenvalue weighted by atomic mass is 9.87. The Morgan fingerprint density at radius 3 is 2.22 bits per heavy atom. The number of hydrogen-bond donors (Lipinski definition) is 1. The smallest absolute Gasteiger partial charge is 0.343 e. The molecule has 1 amide bonds. The lowest BCUT2D eigenvalue weighted by Gasteiger charge is -2.23. The Kier molecular flexibility index (Phi) is 9.48. The van der Waals surface area contributed by atoms with Gasteiger partial charge >= 0.3 is 5.97 Å². The van der Waals surface area contributed by atoms with Crippen molar-refractivity contribution in [3.8, 4) is 11.5 Å². The molecule has 0 aliphatic heterocycles. The zero-order valence-corrected chi connectivity index (χ0v) is 22.4. The molecular formula is C30H32ClNO5. The molecule has 37 heavy (non-hydrogen) atoms. The fourth-order valence-electron chi connectivity index (χ4n) is 3.64. The minimum absolute atomic E-state index is 0.120. The van der Waals surface area contributed by atoms with Crippen molar-refractivity contribution in [2.45, 2.75) is 40.5 Å². The summed E-state index contributed by atoms with van der Waals surface area (Å²) >= 11 is 5.84. The van der Waals surface area contributed by atoms with Gasteiger partial charge in [-0.2, -0.15) is 0 Å². The Balaban J connectivity index is 1.44. The van der Waals surface area contributed by atoms with Gasteiger partial charge < -0.3 is 14.8 Å². The van der Waals surface area contributed by atoms with Crippen LogP contribution in [0, 0.1) is 19.3 Å². The van der Waals surface area contributed by atoms with Crippen LogP contribution in [0.3, 0.4) is 0 Å². The van der Waals surface area contributed by atoms with Crippen LogP contribution in [0.4, 0.5) is 0 Å². The Hall–Kier alpha value is -3.64. The number of rotatable bonds is 11. The fraction of sp³-hybridized carbons (Fsp3) is 0.300. The minimum atomic E-state index is -0.648. The van der Waals surface area contributed by atoms with Crippen LogP contribution in [0.25, 0.3) is 0 Å². The molecule has 0 saturated heterocycles. The van der Waals surface area contributed by atoms with Gasteiger partial charge in [-0.25, -0.2) is 4.79 Å². The van der Waals surface area contributed by atoms with Gasteiger partial charge in [0, 0.05) is 16.0 Å². The number of aryl methyl sites for hydroxylation is 2. The summed E-state index contributed by atoms with van der Waals surface area (Å²) in [6.07, 6.45) is 1.32. The Morgan fingerprint density at radius 1 is 0.892 bits per heavy atom. The highest BCUT2D eigenvalue weighted by Crippen LogP contribution is 2.24. The predicted octanol–water partition coefficient (Wildman–Crippen LogP) is 6.36. The van der Waals surface area contributed by atoms with Gasteiger partial charge in [-0.05, 0) is 92.4 Å². The van der Waals surface area contributed by atoms with Crippen LogP contribution in [0.1, 0.15) is 58.5 Å². The lowest BCUT2D eigenvalue weighted by Crippen LogP contribution is -2.39. The van der Waals surface area contributed by atoms with Crippen LogP contribution < -0.4 is 14.8 Å². The molecule has 6 nitrogen and oxygen atoms in total. The second kappa shape index (κ2) is 12.5. The van der Waals surface area contributed by atoms with E-state index in [1.807, 2.05) is 45.9 Å². The molecule has 7 heteroatoms. The van der Waals surface area contributed by atoms with E-state index in [9.17, 15) is 14.4 Å². The average Bonchev–Trinajstić information content (AvgIpc) is 2.87. The summed E-state index contributed by atoms with van der Waals surface area (Å²) in [4.78, 5) is 37.5. The third-order valence-corrected chi connectivity index (χ3v) is 6.29. The molecule has 0 heterocycles. The second-order valence-electron chi connectivity index (χ2n) is 9.63. The van der Waals surface area contributed by atoms with Crippen LogP contribution in [-0.4, -0.2) is 30.8 Å². The van der Waals surface area contributed by atoms with Crippen molar-refractivity contribution < 1.29 is 23.9 Å². The highest BCUT2D eigenvalue weighted by molar-refractivity contribution is 6.30. The van der Waals surface area contributed by atoms with E-state index in [2.05, 4.69) is 5.32 Å². The van der Waals surface area contributed by atoms with Gasteiger partial charge in [-0.15, -0.1) is 0 Å². The molecule has 0 spiro atoms. The summed E-state index contributed by atoms with van der Waals surface area (Å²) < 4.78 is 11.2.